The Morgan fingerprint density at radius 3 is 2.28 bits per heavy atom. The second-order valence-electron chi connectivity index (χ2n) is 5.23. The SMILES string of the molecule is COc1cc(NC(=O)c2cc(-c3ccc(Cl)cc3)n[nH]2)cc(OC)c1. The largest absolute Gasteiger partial charge is 0.497 e. The van der Waals surface area contributed by atoms with Crippen molar-refractivity contribution in [1.82, 2.24) is 10.2 Å². The number of carbonyl (C=O) groups is 1. The van der Waals surface area contributed by atoms with E-state index in [2.05, 4.69) is 15.5 Å². The van der Waals surface area contributed by atoms with E-state index in [1.165, 1.54) is 0 Å². The zero-order chi connectivity index (χ0) is 17.8. The normalized spacial score (nSPS) is 10.4. The van der Waals surface area contributed by atoms with Gasteiger partial charge in [0.15, 0.2) is 0 Å². The van der Waals surface area contributed by atoms with Crippen LogP contribution in [-0.4, -0.2) is 30.3 Å². The molecule has 0 aliphatic heterocycles. The average Bonchev–Trinajstić information content (AvgIpc) is 3.12. The zero-order valence-corrected chi connectivity index (χ0v) is 14.4. The lowest BCUT2D eigenvalue weighted by Gasteiger charge is -2.09. The van der Waals surface area contributed by atoms with Crippen molar-refractivity contribution >= 4 is 23.2 Å². The highest BCUT2D eigenvalue weighted by molar-refractivity contribution is 6.30. The maximum absolute atomic E-state index is 12.4. The number of nitrogens with one attached hydrogen (secondary N) is 2. The molecule has 0 aliphatic carbocycles. The first-order valence-electron chi connectivity index (χ1n) is 7.45. The van der Waals surface area contributed by atoms with Crippen LogP contribution in [0.4, 0.5) is 5.69 Å². The van der Waals surface area contributed by atoms with Crippen molar-refractivity contribution in [3.8, 4) is 22.8 Å². The van der Waals surface area contributed by atoms with Crippen LogP contribution < -0.4 is 14.8 Å². The molecule has 1 aromatic heterocycles. The Morgan fingerprint density at radius 2 is 1.68 bits per heavy atom. The highest BCUT2D eigenvalue weighted by Crippen LogP contribution is 2.26. The Kier molecular flexibility index (Phi) is 4.90. The van der Waals surface area contributed by atoms with Crippen LogP contribution in [0.2, 0.25) is 5.02 Å². The second kappa shape index (κ2) is 7.27. The van der Waals surface area contributed by atoms with Crippen LogP contribution in [-0.2, 0) is 0 Å². The molecule has 3 aromatic rings. The van der Waals surface area contributed by atoms with Crippen molar-refractivity contribution in [2.45, 2.75) is 0 Å². The fraction of sp³-hybridized carbons (Fsp3) is 0.111. The minimum Gasteiger partial charge on any atom is -0.497 e. The van der Waals surface area contributed by atoms with Gasteiger partial charge in [-0.05, 0) is 18.2 Å². The van der Waals surface area contributed by atoms with E-state index >= 15 is 0 Å². The second-order valence-corrected chi connectivity index (χ2v) is 5.67. The Hall–Kier alpha value is -2.99. The van der Waals surface area contributed by atoms with Crippen molar-refractivity contribution in [2.75, 3.05) is 19.5 Å². The topological polar surface area (TPSA) is 76.2 Å². The van der Waals surface area contributed by atoms with E-state index < -0.39 is 0 Å². The Morgan fingerprint density at radius 1 is 1.04 bits per heavy atom. The molecule has 7 heteroatoms. The molecule has 0 fully saturated rings. The lowest BCUT2D eigenvalue weighted by molar-refractivity contribution is 0.102. The molecule has 128 valence electrons. The molecular weight excluding hydrogens is 342 g/mol. The van der Waals surface area contributed by atoms with Crippen LogP contribution in [0.15, 0.2) is 48.5 Å². The number of anilines is 1. The number of hydrogen-bond acceptors (Lipinski definition) is 4. The first kappa shape index (κ1) is 16.9. The summed E-state index contributed by atoms with van der Waals surface area (Å²) in [6.07, 6.45) is 0. The zero-order valence-electron chi connectivity index (χ0n) is 13.7. The maximum Gasteiger partial charge on any atom is 0.273 e. The van der Waals surface area contributed by atoms with Crippen molar-refractivity contribution in [3.63, 3.8) is 0 Å². The average molecular weight is 358 g/mol. The molecule has 0 unspecified atom stereocenters. The third-order valence-corrected chi connectivity index (χ3v) is 3.82. The maximum atomic E-state index is 12.4. The number of ether oxygens (including phenoxy) is 2. The van der Waals surface area contributed by atoms with Gasteiger partial charge in [-0.1, -0.05) is 23.7 Å². The molecule has 0 bridgehead atoms. The van der Waals surface area contributed by atoms with Crippen LogP contribution in [0.1, 0.15) is 10.5 Å². The molecule has 0 radical (unpaired) electrons. The molecule has 25 heavy (non-hydrogen) atoms. The molecule has 2 aromatic carbocycles. The predicted octanol–water partition coefficient (Wildman–Crippen LogP) is 4.00. The van der Waals surface area contributed by atoms with Gasteiger partial charge >= 0.3 is 0 Å². The van der Waals surface area contributed by atoms with E-state index in [0.29, 0.717) is 33.6 Å². The molecule has 0 atom stereocenters. The molecule has 0 aliphatic rings. The van der Waals surface area contributed by atoms with Crippen LogP contribution in [0.5, 0.6) is 11.5 Å². The molecule has 0 saturated carbocycles. The lowest BCUT2D eigenvalue weighted by Crippen LogP contribution is -2.12. The minimum absolute atomic E-state index is 0.317. The van der Waals surface area contributed by atoms with Gasteiger partial charge in [-0.3, -0.25) is 9.89 Å². The van der Waals surface area contributed by atoms with Gasteiger partial charge in [0.05, 0.1) is 19.9 Å². The van der Waals surface area contributed by atoms with Gasteiger partial charge in [0.25, 0.3) is 5.91 Å². The number of aromatic amines is 1. The molecule has 0 spiro atoms. The summed E-state index contributed by atoms with van der Waals surface area (Å²) in [7, 11) is 3.10. The van der Waals surface area contributed by atoms with Crippen LogP contribution in [0.25, 0.3) is 11.3 Å². The van der Waals surface area contributed by atoms with Gasteiger partial charge in [-0.15, -0.1) is 0 Å². The number of hydrogen-bond donors (Lipinski definition) is 2. The predicted molar refractivity (Wildman–Crippen MR) is 96.5 cm³/mol. The third kappa shape index (κ3) is 3.92. The van der Waals surface area contributed by atoms with Crippen LogP contribution in [0, 0.1) is 0 Å². The number of amides is 1. The van der Waals surface area contributed by atoms with Crippen LogP contribution >= 0.6 is 11.6 Å². The first-order valence-corrected chi connectivity index (χ1v) is 7.82. The summed E-state index contributed by atoms with van der Waals surface area (Å²) in [5, 5.41) is 10.3. The fourth-order valence-corrected chi connectivity index (χ4v) is 2.41. The number of H-pyrrole nitrogens is 1. The van der Waals surface area contributed by atoms with Gasteiger partial charge in [0.1, 0.15) is 17.2 Å². The Balaban J connectivity index is 1.79. The molecule has 6 nitrogen and oxygen atoms in total. The highest BCUT2D eigenvalue weighted by atomic mass is 35.5. The number of rotatable bonds is 5. The summed E-state index contributed by atoms with van der Waals surface area (Å²) < 4.78 is 10.4. The summed E-state index contributed by atoms with van der Waals surface area (Å²) in [5.41, 5.74) is 2.42. The summed E-state index contributed by atoms with van der Waals surface area (Å²) in [4.78, 5) is 12.4. The molecule has 3 rings (SSSR count). The molecular formula is C18H16ClN3O3. The highest BCUT2D eigenvalue weighted by Gasteiger charge is 2.12. The minimum atomic E-state index is -0.317. The molecule has 1 heterocycles. The van der Waals surface area contributed by atoms with E-state index in [1.54, 1.807) is 50.6 Å². The van der Waals surface area contributed by atoms with E-state index in [-0.39, 0.29) is 5.91 Å². The first-order chi connectivity index (χ1) is 12.1. The Bertz CT molecular complexity index is 869. The standard InChI is InChI=1S/C18H16ClN3O3/c1-24-14-7-13(8-15(9-14)25-2)20-18(23)17-10-16(21-22-17)11-3-5-12(19)6-4-11/h3-10H,1-2H3,(H,20,23)(H,21,22). The summed E-state index contributed by atoms with van der Waals surface area (Å²) in [6, 6.07) is 14.0. The van der Waals surface area contributed by atoms with Gasteiger partial charge in [-0.2, -0.15) is 5.10 Å². The fourth-order valence-electron chi connectivity index (χ4n) is 2.28. The van der Waals surface area contributed by atoms with Crippen molar-refractivity contribution in [2.24, 2.45) is 0 Å². The number of aromatic nitrogens is 2. The van der Waals surface area contributed by atoms with Gasteiger partial charge in [-0.25, -0.2) is 0 Å². The van der Waals surface area contributed by atoms with E-state index in [9.17, 15) is 4.79 Å². The van der Waals surface area contributed by atoms with Crippen molar-refractivity contribution < 1.29 is 14.3 Å². The number of carbonyl (C=O) groups excluding carboxylic acids is 1. The molecule has 0 saturated heterocycles. The van der Waals surface area contributed by atoms with Gasteiger partial charge in [0.2, 0.25) is 0 Å². The summed E-state index contributed by atoms with van der Waals surface area (Å²) >= 11 is 5.88. The van der Waals surface area contributed by atoms with Crippen molar-refractivity contribution in [1.29, 1.82) is 0 Å². The quantitative estimate of drug-likeness (QED) is 0.723. The Labute approximate surface area is 149 Å². The van der Waals surface area contributed by atoms with E-state index in [0.717, 1.165) is 5.56 Å². The number of benzene rings is 2. The third-order valence-electron chi connectivity index (χ3n) is 3.57. The molecule has 2 N–H and O–H groups in total. The number of methoxy groups -OCH3 is 2. The smallest absolute Gasteiger partial charge is 0.273 e. The summed E-state index contributed by atoms with van der Waals surface area (Å²) in [5.74, 6) is 0.852. The summed E-state index contributed by atoms with van der Waals surface area (Å²) in [6.45, 7) is 0. The lowest BCUT2D eigenvalue weighted by atomic mass is 10.1. The molecule has 1 amide bonds. The monoisotopic (exact) mass is 357 g/mol. The number of nitrogens with zero attached hydrogens (tertiary/aromatic N) is 1. The van der Waals surface area contributed by atoms with Gasteiger partial charge in [0, 0.05) is 34.5 Å². The van der Waals surface area contributed by atoms with E-state index in [4.69, 9.17) is 21.1 Å². The van der Waals surface area contributed by atoms with Gasteiger partial charge < -0.3 is 14.8 Å². The van der Waals surface area contributed by atoms with Crippen LogP contribution in [0.3, 0.4) is 0 Å². The van der Waals surface area contributed by atoms with Crippen molar-refractivity contribution in [3.05, 3.63) is 59.2 Å². The van der Waals surface area contributed by atoms with E-state index in [1.807, 2.05) is 12.1 Å². The number of halogens is 1.